The maximum absolute atomic E-state index is 13.2. The van der Waals surface area contributed by atoms with Crippen LogP contribution in [0.3, 0.4) is 0 Å². The molecule has 3 rings (SSSR count). The average molecular weight is 468 g/mol. The van der Waals surface area contributed by atoms with Crippen molar-refractivity contribution in [2.45, 2.75) is 59.5 Å². The number of rotatable bonds is 8. The highest BCUT2D eigenvalue weighted by atomic mass is 16.5. The molecule has 0 unspecified atom stereocenters. The molecule has 1 aliphatic rings. The van der Waals surface area contributed by atoms with Gasteiger partial charge in [0, 0.05) is 24.2 Å². The van der Waals surface area contributed by atoms with Gasteiger partial charge in [-0.2, -0.15) is 0 Å². The topological polar surface area (TPSA) is 65.1 Å². The predicted molar refractivity (Wildman–Crippen MR) is 132 cm³/mol. The van der Waals surface area contributed by atoms with E-state index in [0.717, 1.165) is 11.3 Å². The van der Waals surface area contributed by atoms with Crippen LogP contribution in [0.5, 0.6) is 11.5 Å². The smallest absolute Gasteiger partial charge is 0.309 e. The second-order valence-electron chi connectivity index (χ2n) is 9.64. The summed E-state index contributed by atoms with van der Waals surface area (Å²) in [6.07, 6.45) is 1.25. The van der Waals surface area contributed by atoms with Crippen molar-refractivity contribution in [2.24, 2.45) is 5.92 Å². The fourth-order valence-electron chi connectivity index (χ4n) is 4.09. The molecular formula is C28H37NO5. The Hall–Kier alpha value is -3.02. The van der Waals surface area contributed by atoms with E-state index in [1.807, 2.05) is 38.1 Å². The Kier molecular flexibility index (Phi) is 8.59. The fourth-order valence-corrected chi connectivity index (χ4v) is 4.09. The van der Waals surface area contributed by atoms with E-state index in [2.05, 4.69) is 32.9 Å². The first-order chi connectivity index (χ1) is 16.2. The normalized spacial score (nSPS) is 14.6. The monoisotopic (exact) mass is 467 g/mol. The Morgan fingerprint density at radius 2 is 1.62 bits per heavy atom. The number of likely N-dealkylation sites (tertiary alicyclic amines) is 1. The maximum Gasteiger partial charge on any atom is 0.309 e. The van der Waals surface area contributed by atoms with Crippen LogP contribution in [0.4, 0.5) is 0 Å². The number of ether oxygens (including phenoxy) is 3. The second-order valence-corrected chi connectivity index (χ2v) is 9.64. The Bertz CT molecular complexity index is 969. The van der Waals surface area contributed by atoms with Gasteiger partial charge in [0.15, 0.2) is 0 Å². The van der Waals surface area contributed by atoms with Crippen molar-refractivity contribution >= 4 is 11.9 Å². The van der Waals surface area contributed by atoms with Gasteiger partial charge in [-0.05, 0) is 68.0 Å². The highest BCUT2D eigenvalue weighted by molar-refractivity contribution is 5.94. The molecule has 6 heteroatoms. The molecule has 0 aliphatic carbocycles. The van der Waals surface area contributed by atoms with Crippen LogP contribution >= 0.6 is 0 Å². The average Bonchev–Trinajstić information content (AvgIpc) is 2.83. The van der Waals surface area contributed by atoms with Crippen LogP contribution < -0.4 is 9.47 Å². The van der Waals surface area contributed by atoms with Crippen LogP contribution in [0, 0.1) is 5.92 Å². The predicted octanol–water partition coefficient (Wildman–Crippen LogP) is 5.38. The van der Waals surface area contributed by atoms with Gasteiger partial charge in [-0.15, -0.1) is 0 Å². The first-order valence-electron chi connectivity index (χ1n) is 12.2. The molecule has 184 valence electrons. The number of esters is 1. The Balaban J connectivity index is 1.68. The zero-order valence-electron chi connectivity index (χ0n) is 21.1. The van der Waals surface area contributed by atoms with Crippen LogP contribution in [-0.4, -0.2) is 43.1 Å². The van der Waals surface area contributed by atoms with Crippen LogP contribution in [0.15, 0.2) is 42.5 Å². The van der Waals surface area contributed by atoms with E-state index in [4.69, 9.17) is 14.2 Å². The molecule has 1 amide bonds. The number of hydrogen-bond donors (Lipinski definition) is 0. The quantitative estimate of drug-likeness (QED) is 0.488. The van der Waals surface area contributed by atoms with E-state index in [1.165, 1.54) is 5.56 Å². The Labute approximate surface area is 203 Å². The number of nitrogens with zero attached hydrogens (tertiary/aromatic N) is 1. The third-order valence-corrected chi connectivity index (χ3v) is 6.12. The van der Waals surface area contributed by atoms with Crippen molar-refractivity contribution in [3.8, 4) is 11.5 Å². The third kappa shape index (κ3) is 6.52. The maximum atomic E-state index is 13.2. The number of piperidine rings is 1. The second kappa shape index (κ2) is 11.4. The molecule has 0 radical (unpaired) electrons. The molecule has 1 saturated heterocycles. The molecular weight excluding hydrogens is 430 g/mol. The highest BCUT2D eigenvalue weighted by Crippen LogP contribution is 2.27. The molecule has 0 saturated carbocycles. The lowest BCUT2D eigenvalue weighted by atomic mass is 9.87. The molecule has 2 aromatic carbocycles. The summed E-state index contributed by atoms with van der Waals surface area (Å²) in [4.78, 5) is 27.0. The van der Waals surface area contributed by atoms with Crippen LogP contribution in [0.25, 0.3) is 0 Å². The number of benzene rings is 2. The van der Waals surface area contributed by atoms with Crippen molar-refractivity contribution in [1.82, 2.24) is 4.90 Å². The summed E-state index contributed by atoms with van der Waals surface area (Å²) in [5.74, 6) is 1.16. The van der Waals surface area contributed by atoms with Crippen molar-refractivity contribution in [3.05, 3.63) is 59.2 Å². The fraction of sp³-hybridized carbons (Fsp3) is 0.500. The minimum absolute atomic E-state index is 0.0406. The number of carbonyl (C=O) groups is 2. The molecule has 0 aromatic heterocycles. The van der Waals surface area contributed by atoms with Crippen LogP contribution in [0.2, 0.25) is 0 Å². The van der Waals surface area contributed by atoms with Gasteiger partial charge in [0.2, 0.25) is 0 Å². The van der Waals surface area contributed by atoms with Crippen molar-refractivity contribution in [3.63, 3.8) is 0 Å². The van der Waals surface area contributed by atoms with Gasteiger partial charge >= 0.3 is 5.97 Å². The molecule has 0 atom stereocenters. The number of hydrogen-bond acceptors (Lipinski definition) is 5. The van der Waals surface area contributed by atoms with Crippen molar-refractivity contribution < 1.29 is 23.8 Å². The van der Waals surface area contributed by atoms with E-state index in [-0.39, 0.29) is 23.2 Å². The molecule has 6 nitrogen and oxygen atoms in total. The SMILES string of the molecule is CCOC(=O)C1CCN(C(=O)c2ccc(OCC)c(COc3ccc(C(C)(C)C)cc3)c2)CC1. The zero-order chi connectivity index (χ0) is 24.7. The molecule has 1 aliphatic heterocycles. The lowest BCUT2D eigenvalue weighted by molar-refractivity contribution is -0.149. The van der Waals surface area contributed by atoms with Crippen LogP contribution in [0.1, 0.15) is 68.9 Å². The first-order valence-corrected chi connectivity index (χ1v) is 12.2. The summed E-state index contributed by atoms with van der Waals surface area (Å²) in [6, 6.07) is 13.6. The Morgan fingerprint density at radius 1 is 0.941 bits per heavy atom. The summed E-state index contributed by atoms with van der Waals surface area (Å²) < 4.78 is 16.9. The van der Waals surface area contributed by atoms with E-state index in [9.17, 15) is 9.59 Å². The lowest BCUT2D eigenvalue weighted by Gasteiger charge is -2.31. The van der Waals surface area contributed by atoms with Gasteiger partial charge in [0.1, 0.15) is 18.1 Å². The molecule has 0 N–H and O–H groups in total. The van der Waals surface area contributed by atoms with Gasteiger partial charge in [-0.3, -0.25) is 9.59 Å². The minimum atomic E-state index is -0.161. The van der Waals surface area contributed by atoms with Crippen molar-refractivity contribution in [1.29, 1.82) is 0 Å². The van der Waals surface area contributed by atoms with Crippen molar-refractivity contribution in [2.75, 3.05) is 26.3 Å². The van der Waals surface area contributed by atoms with E-state index in [1.54, 1.807) is 11.0 Å². The lowest BCUT2D eigenvalue weighted by Crippen LogP contribution is -2.40. The number of carbonyl (C=O) groups excluding carboxylic acids is 2. The molecule has 2 aromatic rings. The Morgan fingerprint density at radius 3 is 2.21 bits per heavy atom. The standard InChI is InChI=1S/C28H37NO5/c1-6-32-25-13-8-21(26(30)29-16-14-20(15-17-29)27(31)33-7-2)18-22(25)19-34-24-11-9-23(10-12-24)28(3,4)5/h8-13,18,20H,6-7,14-17,19H2,1-5H3. The van der Waals surface area contributed by atoms with E-state index in [0.29, 0.717) is 57.1 Å². The third-order valence-electron chi connectivity index (χ3n) is 6.12. The first kappa shape index (κ1) is 25.6. The molecule has 34 heavy (non-hydrogen) atoms. The van der Waals surface area contributed by atoms with Gasteiger partial charge in [-0.25, -0.2) is 0 Å². The van der Waals surface area contributed by atoms with E-state index < -0.39 is 0 Å². The van der Waals surface area contributed by atoms with Gasteiger partial charge in [-0.1, -0.05) is 32.9 Å². The summed E-state index contributed by atoms with van der Waals surface area (Å²) in [5, 5.41) is 0. The number of amides is 1. The van der Waals surface area contributed by atoms with Crippen LogP contribution in [-0.2, 0) is 21.6 Å². The molecule has 1 fully saturated rings. The van der Waals surface area contributed by atoms with E-state index >= 15 is 0 Å². The summed E-state index contributed by atoms with van der Waals surface area (Å²) in [6.45, 7) is 12.6. The summed E-state index contributed by atoms with van der Waals surface area (Å²) in [5.41, 5.74) is 2.75. The summed E-state index contributed by atoms with van der Waals surface area (Å²) in [7, 11) is 0. The van der Waals surface area contributed by atoms with Gasteiger partial charge in [0.05, 0.1) is 19.1 Å². The summed E-state index contributed by atoms with van der Waals surface area (Å²) >= 11 is 0. The molecule has 0 bridgehead atoms. The largest absolute Gasteiger partial charge is 0.493 e. The minimum Gasteiger partial charge on any atom is -0.493 e. The molecule has 0 spiro atoms. The molecule has 1 heterocycles. The highest BCUT2D eigenvalue weighted by Gasteiger charge is 2.29. The van der Waals surface area contributed by atoms with Gasteiger partial charge in [0.25, 0.3) is 5.91 Å². The zero-order valence-corrected chi connectivity index (χ0v) is 21.1. The van der Waals surface area contributed by atoms with Gasteiger partial charge < -0.3 is 19.1 Å².